The molecule has 16 heavy (non-hydrogen) atoms. The van der Waals surface area contributed by atoms with Gasteiger partial charge in [0.15, 0.2) is 0 Å². The van der Waals surface area contributed by atoms with Crippen molar-refractivity contribution in [1.29, 1.82) is 0 Å². The van der Waals surface area contributed by atoms with Crippen molar-refractivity contribution in [3.63, 3.8) is 0 Å². The Labute approximate surface area is 109 Å². The van der Waals surface area contributed by atoms with Crippen LogP contribution in [0, 0.1) is 6.92 Å². The number of hydrogen-bond acceptors (Lipinski definition) is 2. The molecule has 0 atom stereocenters. The molecule has 0 aromatic heterocycles. The first-order valence-electron chi connectivity index (χ1n) is 4.71. The first kappa shape index (κ1) is 13.1. The van der Waals surface area contributed by atoms with Gasteiger partial charge in [0.05, 0.1) is 11.5 Å². The topological polar surface area (TPSA) is 46.3 Å². The molecule has 0 aliphatic heterocycles. The number of thiocarbonyl (C=S) groups is 1. The summed E-state index contributed by atoms with van der Waals surface area (Å²) in [5, 5.41) is 0. The van der Waals surface area contributed by atoms with Gasteiger partial charge in [-0.15, -0.1) is 0 Å². The molecular weight excluding hydrogens is 288 g/mol. The molecule has 0 spiro atoms. The van der Waals surface area contributed by atoms with E-state index in [9.17, 15) is 4.79 Å². The number of nitrogens with two attached hydrogens (primary N) is 1. The lowest BCUT2D eigenvalue weighted by Crippen LogP contribution is -2.34. The van der Waals surface area contributed by atoms with Gasteiger partial charge in [0.1, 0.15) is 0 Å². The zero-order chi connectivity index (χ0) is 12.3. The summed E-state index contributed by atoms with van der Waals surface area (Å²) in [4.78, 5) is 13.8. The largest absolute Gasteiger partial charge is 0.392 e. The molecule has 0 unspecified atom stereocenters. The molecular formula is C11H13BrN2OS. The second-order valence-corrected chi connectivity index (χ2v) is 4.97. The minimum absolute atomic E-state index is 0.0802. The number of aryl methyl sites for hydroxylation is 1. The second kappa shape index (κ2) is 5.41. The summed E-state index contributed by atoms with van der Waals surface area (Å²) in [5.74, 6) is -0.0802. The summed E-state index contributed by atoms with van der Waals surface area (Å²) in [6, 6.07) is 5.47. The van der Waals surface area contributed by atoms with E-state index < -0.39 is 0 Å². The summed E-state index contributed by atoms with van der Waals surface area (Å²) in [6.07, 6.45) is 0. The molecule has 0 aliphatic rings. The fraction of sp³-hybridized carbons (Fsp3) is 0.273. The van der Waals surface area contributed by atoms with Gasteiger partial charge in [-0.3, -0.25) is 4.79 Å². The fourth-order valence-corrected chi connectivity index (χ4v) is 1.74. The van der Waals surface area contributed by atoms with Crippen molar-refractivity contribution in [2.24, 2.45) is 5.73 Å². The monoisotopic (exact) mass is 300 g/mol. The molecule has 0 radical (unpaired) electrons. The van der Waals surface area contributed by atoms with Crippen molar-refractivity contribution in [1.82, 2.24) is 4.90 Å². The molecule has 0 bridgehead atoms. The van der Waals surface area contributed by atoms with E-state index in [-0.39, 0.29) is 5.91 Å². The maximum atomic E-state index is 11.9. The average Bonchev–Trinajstić information content (AvgIpc) is 2.20. The Morgan fingerprint density at radius 1 is 1.56 bits per heavy atom. The first-order chi connectivity index (χ1) is 7.41. The molecule has 5 heteroatoms. The molecule has 1 amide bonds. The third kappa shape index (κ3) is 3.28. The Morgan fingerprint density at radius 3 is 2.69 bits per heavy atom. The van der Waals surface area contributed by atoms with Crippen LogP contribution in [-0.4, -0.2) is 29.4 Å². The summed E-state index contributed by atoms with van der Waals surface area (Å²) in [7, 11) is 1.68. The lowest BCUT2D eigenvalue weighted by Gasteiger charge is -2.16. The molecule has 2 N–H and O–H groups in total. The highest BCUT2D eigenvalue weighted by molar-refractivity contribution is 9.10. The van der Waals surface area contributed by atoms with Crippen LogP contribution in [0.1, 0.15) is 15.9 Å². The van der Waals surface area contributed by atoms with E-state index in [1.54, 1.807) is 13.1 Å². The second-order valence-electron chi connectivity index (χ2n) is 3.59. The van der Waals surface area contributed by atoms with Crippen molar-refractivity contribution >= 4 is 39.0 Å². The minimum Gasteiger partial charge on any atom is -0.392 e. The number of amides is 1. The number of carbonyl (C=O) groups is 1. The molecule has 1 aromatic rings. The highest BCUT2D eigenvalue weighted by Gasteiger charge is 2.12. The summed E-state index contributed by atoms with van der Waals surface area (Å²) >= 11 is 8.15. The predicted molar refractivity (Wildman–Crippen MR) is 72.6 cm³/mol. The fourth-order valence-electron chi connectivity index (χ4n) is 1.30. The van der Waals surface area contributed by atoms with Crippen LogP contribution in [-0.2, 0) is 0 Å². The predicted octanol–water partition coefficient (Wildman–Crippen LogP) is 2.12. The number of rotatable bonds is 3. The standard InChI is InChI=1S/C11H13BrN2OS/c1-7-5-8(3-4-9(7)12)11(15)14(2)6-10(13)16/h3-5H,6H2,1-2H3,(H2,13,16). The van der Waals surface area contributed by atoms with Gasteiger partial charge in [0.25, 0.3) is 5.91 Å². The third-order valence-electron chi connectivity index (χ3n) is 2.14. The van der Waals surface area contributed by atoms with Crippen molar-refractivity contribution in [3.05, 3.63) is 33.8 Å². The zero-order valence-electron chi connectivity index (χ0n) is 9.16. The van der Waals surface area contributed by atoms with Gasteiger partial charge in [-0.1, -0.05) is 28.1 Å². The number of halogens is 1. The van der Waals surface area contributed by atoms with Crippen molar-refractivity contribution in [2.75, 3.05) is 13.6 Å². The smallest absolute Gasteiger partial charge is 0.253 e. The zero-order valence-corrected chi connectivity index (χ0v) is 11.6. The van der Waals surface area contributed by atoms with Crippen LogP contribution in [0.5, 0.6) is 0 Å². The highest BCUT2D eigenvalue weighted by atomic mass is 79.9. The summed E-state index contributed by atoms with van der Waals surface area (Å²) < 4.78 is 0.987. The van der Waals surface area contributed by atoms with Crippen LogP contribution in [0.3, 0.4) is 0 Å². The third-order valence-corrected chi connectivity index (χ3v) is 3.16. The van der Waals surface area contributed by atoms with Gasteiger partial charge in [0.2, 0.25) is 0 Å². The normalized spacial score (nSPS) is 9.94. The number of nitrogens with zero attached hydrogens (tertiary/aromatic N) is 1. The Bertz CT molecular complexity index is 434. The van der Waals surface area contributed by atoms with E-state index in [1.165, 1.54) is 4.90 Å². The first-order valence-corrected chi connectivity index (χ1v) is 5.92. The SMILES string of the molecule is Cc1cc(C(=O)N(C)CC(N)=S)ccc1Br. The van der Waals surface area contributed by atoms with Gasteiger partial charge in [0, 0.05) is 17.1 Å². The van der Waals surface area contributed by atoms with Crippen LogP contribution >= 0.6 is 28.1 Å². The Hall–Kier alpha value is -0.940. The molecule has 86 valence electrons. The van der Waals surface area contributed by atoms with E-state index in [2.05, 4.69) is 15.9 Å². The lowest BCUT2D eigenvalue weighted by molar-refractivity contribution is 0.0815. The summed E-state index contributed by atoms with van der Waals surface area (Å²) in [5.41, 5.74) is 7.05. The summed E-state index contributed by atoms with van der Waals surface area (Å²) in [6.45, 7) is 2.23. The van der Waals surface area contributed by atoms with Crippen molar-refractivity contribution in [3.8, 4) is 0 Å². The van der Waals surface area contributed by atoms with E-state index in [4.69, 9.17) is 18.0 Å². The van der Waals surface area contributed by atoms with Gasteiger partial charge < -0.3 is 10.6 Å². The van der Waals surface area contributed by atoms with Crippen LogP contribution < -0.4 is 5.73 Å². The minimum atomic E-state index is -0.0802. The number of benzene rings is 1. The van der Waals surface area contributed by atoms with Crippen LogP contribution in [0.2, 0.25) is 0 Å². The van der Waals surface area contributed by atoms with Gasteiger partial charge in [-0.25, -0.2) is 0 Å². The maximum Gasteiger partial charge on any atom is 0.253 e. The van der Waals surface area contributed by atoms with Crippen LogP contribution in [0.4, 0.5) is 0 Å². The quantitative estimate of drug-likeness (QED) is 0.870. The highest BCUT2D eigenvalue weighted by Crippen LogP contribution is 2.17. The Balaban J connectivity index is 2.88. The maximum absolute atomic E-state index is 11.9. The Kier molecular flexibility index (Phi) is 4.44. The number of carbonyl (C=O) groups excluding carboxylic acids is 1. The van der Waals surface area contributed by atoms with E-state index in [0.29, 0.717) is 17.1 Å². The van der Waals surface area contributed by atoms with Crippen LogP contribution in [0.15, 0.2) is 22.7 Å². The van der Waals surface area contributed by atoms with Crippen molar-refractivity contribution < 1.29 is 4.79 Å². The lowest BCUT2D eigenvalue weighted by atomic mass is 10.1. The number of hydrogen-bond donors (Lipinski definition) is 1. The number of likely N-dealkylation sites (N-methyl/N-ethyl adjacent to an activating group) is 1. The Morgan fingerprint density at radius 2 is 2.19 bits per heavy atom. The molecule has 0 fully saturated rings. The molecule has 0 aliphatic carbocycles. The van der Waals surface area contributed by atoms with E-state index in [1.807, 2.05) is 19.1 Å². The molecule has 0 saturated carbocycles. The van der Waals surface area contributed by atoms with E-state index >= 15 is 0 Å². The molecule has 1 rings (SSSR count). The van der Waals surface area contributed by atoms with Crippen molar-refractivity contribution in [2.45, 2.75) is 6.92 Å². The molecule has 3 nitrogen and oxygen atoms in total. The van der Waals surface area contributed by atoms with Crippen LogP contribution in [0.25, 0.3) is 0 Å². The molecule has 0 saturated heterocycles. The van der Waals surface area contributed by atoms with Gasteiger partial charge >= 0.3 is 0 Å². The van der Waals surface area contributed by atoms with Gasteiger partial charge in [-0.2, -0.15) is 0 Å². The molecule has 1 aromatic carbocycles. The average molecular weight is 301 g/mol. The van der Waals surface area contributed by atoms with E-state index in [0.717, 1.165) is 10.0 Å². The van der Waals surface area contributed by atoms with Gasteiger partial charge in [-0.05, 0) is 30.7 Å². The molecule has 0 heterocycles.